The molecule has 0 saturated carbocycles. The minimum absolute atomic E-state index is 0.0370. The van der Waals surface area contributed by atoms with Gasteiger partial charge in [0.1, 0.15) is 6.10 Å². The molecule has 0 radical (unpaired) electrons. The Hall–Kier alpha value is -0.870. The van der Waals surface area contributed by atoms with Gasteiger partial charge in [0.25, 0.3) is 0 Å². The third-order valence-corrected chi connectivity index (χ3v) is 4.04. The summed E-state index contributed by atoms with van der Waals surface area (Å²) in [7, 11) is 0. The molecular formula is C15H24O4. The lowest BCUT2D eigenvalue weighted by molar-refractivity contribution is -0.144. The molecule has 0 aliphatic carbocycles. The molecule has 0 amide bonds. The van der Waals surface area contributed by atoms with Crippen molar-refractivity contribution in [1.29, 1.82) is 0 Å². The molecule has 19 heavy (non-hydrogen) atoms. The molecule has 4 atom stereocenters. The SMILES string of the molecule is C=C1CC(CCCO)O[C@H]1CCC1C[C@@H](C)C(=O)O1. The number of aliphatic hydroxyl groups excluding tert-OH is 1. The molecule has 2 aliphatic rings. The predicted octanol–water partition coefficient (Wildman–Crippen LogP) is 2.20. The van der Waals surface area contributed by atoms with Crippen LogP contribution in [0.25, 0.3) is 0 Å². The van der Waals surface area contributed by atoms with Crippen LogP contribution in [0.15, 0.2) is 12.2 Å². The minimum atomic E-state index is -0.0722. The smallest absolute Gasteiger partial charge is 0.309 e. The molecule has 4 nitrogen and oxygen atoms in total. The Morgan fingerprint density at radius 1 is 1.32 bits per heavy atom. The van der Waals surface area contributed by atoms with Gasteiger partial charge in [0, 0.05) is 6.61 Å². The largest absolute Gasteiger partial charge is 0.462 e. The lowest BCUT2D eigenvalue weighted by Crippen LogP contribution is -2.15. The third kappa shape index (κ3) is 3.80. The molecular weight excluding hydrogens is 244 g/mol. The predicted molar refractivity (Wildman–Crippen MR) is 71.6 cm³/mol. The van der Waals surface area contributed by atoms with Gasteiger partial charge in [0.05, 0.1) is 18.1 Å². The van der Waals surface area contributed by atoms with E-state index in [1.807, 2.05) is 6.92 Å². The van der Waals surface area contributed by atoms with Crippen molar-refractivity contribution in [3.8, 4) is 0 Å². The van der Waals surface area contributed by atoms with Crippen LogP contribution in [-0.4, -0.2) is 36.0 Å². The summed E-state index contributed by atoms with van der Waals surface area (Å²) in [6, 6.07) is 0. The van der Waals surface area contributed by atoms with Crippen LogP contribution in [0.3, 0.4) is 0 Å². The Balaban J connectivity index is 1.71. The summed E-state index contributed by atoms with van der Waals surface area (Å²) in [5.74, 6) is -0.0352. The van der Waals surface area contributed by atoms with Crippen LogP contribution >= 0.6 is 0 Å². The van der Waals surface area contributed by atoms with Crippen molar-refractivity contribution < 1.29 is 19.4 Å². The van der Waals surface area contributed by atoms with E-state index in [-0.39, 0.29) is 36.8 Å². The van der Waals surface area contributed by atoms with E-state index in [0.29, 0.717) is 0 Å². The van der Waals surface area contributed by atoms with Crippen molar-refractivity contribution in [3.63, 3.8) is 0 Å². The number of carbonyl (C=O) groups excluding carboxylic acids is 1. The first-order valence-corrected chi connectivity index (χ1v) is 7.24. The molecule has 2 saturated heterocycles. The van der Waals surface area contributed by atoms with Crippen LogP contribution in [-0.2, 0) is 14.3 Å². The molecule has 0 aromatic carbocycles. The summed E-state index contributed by atoms with van der Waals surface area (Å²) in [5, 5.41) is 8.83. The van der Waals surface area contributed by atoms with E-state index in [1.54, 1.807) is 0 Å². The minimum Gasteiger partial charge on any atom is -0.462 e. The average molecular weight is 268 g/mol. The van der Waals surface area contributed by atoms with Crippen LogP contribution in [0.4, 0.5) is 0 Å². The van der Waals surface area contributed by atoms with Gasteiger partial charge < -0.3 is 14.6 Å². The highest BCUT2D eigenvalue weighted by molar-refractivity contribution is 5.74. The number of carbonyl (C=O) groups is 1. The van der Waals surface area contributed by atoms with Gasteiger partial charge in [-0.3, -0.25) is 4.79 Å². The lowest BCUT2D eigenvalue weighted by atomic mass is 9.99. The lowest BCUT2D eigenvalue weighted by Gasteiger charge is -2.15. The van der Waals surface area contributed by atoms with Gasteiger partial charge in [0.2, 0.25) is 0 Å². The van der Waals surface area contributed by atoms with E-state index in [1.165, 1.54) is 0 Å². The van der Waals surface area contributed by atoms with Gasteiger partial charge in [-0.15, -0.1) is 0 Å². The van der Waals surface area contributed by atoms with E-state index in [4.69, 9.17) is 14.6 Å². The maximum Gasteiger partial charge on any atom is 0.309 e. The van der Waals surface area contributed by atoms with Crippen molar-refractivity contribution in [2.24, 2.45) is 5.92 Å². The monoisotopic (exact) mass is 268 g/mol. The molecule has 0 aromatic rings. The fourth-order valence-corrected chi connectivity index (χ4v) is 2.89. The zero-order valence-corrected chi connectivity index (χ0v) is 11.6. The number of rotatable bonds is 6. The highest BCUT2D eigenvalue weighted by Crippen LogP contribution is 2.32. The van der Waals surface area contributed by atoms with E-state index >= 15 is 0 Å². The number of cyclic esters (lactones) is 1. The van der Waals surface area contributed by atoms with E-state index in [0.717, 1.165) is 44.1 Å². The molecule has 2 rings (SSSR count). The van der Waals surface area contributed by atoms with Gasteiger partial charge >= 0.3 is 5.97 Å². The highest BCUT2D eigenvalue weighted by atomic mass is 16.6. The molecule has 2 aliphatic heterocycles. The number of hydrogen-bond donors (Lipinski definition) is 1. The van der Waals surface area contributed by atoms with Crippen LogP contribution in [0, 0.1) is 5.92 Å². The molecule has 2 fully saturated rings. The Kier molecular flexibility index (Phi) is 4.99. The summed E-state index contributed by atoms with van der Waals surface area (Å²) in [5.41, 5.74) is 1.14. The first-order chi connectivity index (χ1) is 9.10. The maximum atomic E-state index is 11.3. The fraction of sp³-hybridized carbons (Fsp3) is 0.800. The number of esters is 1. The standard InChI is InChI=1S/C15H24O4/c1-10-8-12(4-3-7-16)18-14(10)6-5-13-9-11(2)15(17)19-13/h11-14,16H,1,3-9H2,2H3/t11-,12?,13?,14+/m1/s1. The first-order valence-electron chi connectivity index (χ1n) is 7.24. The van der Waals surface area contributed by atoms with Gasteiger partial charge in [-0.2, -0.15) is 0 Å². The zero-order valence-electron chi connectivity index (χ0n) is 11.6. The number of hydrogen-bond acceptors (Lipinski definition) is 4. The molecule has 1 N–H and O–H groups in total. The molecule has 0 aromatic heterocycles. The van der Waals surface area contributed by atoms with Crippen molar-refractivity contribution in [1.82, 2.24) is 0 Å². The van der Waals surface area contributed by atoms with Crippen molar-refractivity contribution in [3.05, 3.63) is 12.2 Å². The maximum absolute atomic E-state index is 11.3. The number of aliphatic hydroxyl groups is 1. The fourth-order valence-electron chi connectivity index (χ4n) is 2.89. The van der Waals surface area contributed by atoms with Gasteiger partial charge in [-0.25, -0.2) is 0 Å². The Labute approximate surface area is 114 Å². The van der Waals surface area contributed by atoms with Crippen molar-refractivity contribution >= 4 is 5.97 Å². The second kappa shape index (κ2) is 6.53. The van der Waals surface area contributed by atoms with Crippen LogP contribution in [0.1, 0.15) is 45.4 Å². The normalized spacial score (nSPS) is 34.8. The van der Waals surface area contributed by atoms with Gasteiger partial charge in [-0.1, -0.05) is 13.5 Å². The third-order valence-electron chi connectivity index (χ3n) is 4.04. The van der Waals surface area contributed by atoms with E-state index in [9.17, 15) is 4.79 Å². The average Bonchev–Trinajstić information content (AvgIpc) is 2.88. The summed E-state index contributed by atoms with van der Waals surface area (Å²) in [4.78, 5) is 11.3. The van der Waals surface area contributed by atoms with Crippen molar-refractivity contribution in [2.75, 3.05) is 6.61 Å². The molecule has 4 heteroatoms. The summed E-state index contributed by atoms with van der Waals surface area (Å²) >= 11 is 0. The second-order valence-corrected chi connectivity index (χ2v) is 5.75. The molecule has 0 bridgehead atoms. The van der Waals surface area contributed by atoms with Crippen molar-refractivity contribution in [2.45, 2.75) is 63.8 Å². The Morgan fingerprint density at radius 2 is 2.11 bits per heavy atom. The Morgan fingerprint density at radius 3 is 2.74 bits per heavy atom. The second-order valence-electron chi connectivity index (χ2n) is 5.75. The molecule has 108 valence electrons. The molecule has 0 spiro atoms. The molecule has 2 heterocycles. The van der Waals surface area contributed by atoms with Gasteiger partial charge in [0.15, 0.2) is 0 Å². The first kappa shape index (κ1) is 14.5. The number of ether oxygens (including phenoxy) is 2. The van der Waals surface area contributed by atoms with Crippen LogP contribution in [0.2, 0.25) is 0 Å². The highest BCUT2D eigenvalue weighted by Gasteiger charge is 2.33. The zero-order chi connectivity index (χ0) is 13.8. The topological polar surface area (TPSA) is 55.8 Å². The molecule has 2 unspecified atom stereocenters. The van der Waals surface area contributed by atoms with E-state index in [2.05, 4.69) is 6.58 Å². The van der Waals surface area contributed by atoms with Gasteiger partial charge in [-0.05, 0) is 44.1 Å². The van der Waals surface area contributed by atoms with Crippen LogP contribution < -0.4 is 0 Å². The Bertz CT molecular complexity index is 339. The van der Waals surface area contributed by atoms with E-state index < -0.39 is 0 Å². The summed E-state index contributed by atoms with van der Waals surface area (Å²) < 4.78 is 11.2. The van der Waals surface area contributed by atoms with Crippen LogP contribution in [0.5, 0.6) is 0 Å². The quantitative estimate of drug-likeness (QED) is 0.592. The summed E-state index contributed by atoms with van der Waals surface area (Å²) in [6.07, 6.45) is 5.47. The summed E-state index contributed by atoms with van der Waals surface area (Å²) in [6.45, 7) is 6.20.